The number of benzene rings is 1. The topological polar surface area (TPSA) is 70.6 Å². The van der Waals surface area contributed by atoms with Gasteiger partial charge in [0.05, 0.1) is 5.75 Å². The van der Waals surface area contributed by atoms with E-state index >= 15 is 0 Å². The van der Waals surface area contributed by atoms with Gasteiger partial charge in [-0.2, -0.15) is 0 Å². The normalized spacial score (nSPS) is 11.7. The quantitative estimate of drug-likeness (QED) is 0.417. The van der Waals surface area contributed by atoms with Crippen molar-refractivity contribution in [3.05, 3.63) is 35.4 Å². The van der Waals surface area contributed by atoms with E-state index in [-0.39, 0.29) is 48.4 Å². The summed E-state index contributed by atoms with van der Waals surface area (Å²) in [7, 11) is -1.56. The SMILES string of the molecule is CN=C(NCCS(C)(=O)=O)NCc1cc(F)ccc1F.I. The molecule has 0 atom stereocenters. The van der Waals surface area contributed by atoms with Gasteiger partial charge in [0.25, 0.3) is 0 Å². The van der Waals surface area contributed by atoms with E-state index in [0.29, 0.717) is 5.96 Å². The minimum Gasteiger partial charge on any atom is -0.355 e. The lowest BCUT2D eigenvalue weighted by Crippen LogP contribution is -2.39. The first-order chi connectivity index (χ1) is 9.31. The summed E-state index contributed by atoms with van der Waals surface area (Å²) in [5.41, 5.74) is 0.163. The summed E-state index contributed by atoms with van der Waals surface area (Å²) in [5.74, 6) is -0.770. The number of nitrogens with one attached hydrogen (secondary N) is 2. The molecular weight excluding hydrogens is 415 g/mol. The van der Waals surface area contributed by atoms with Gasteiger partial charge in [0, 0.05) is 32.0 Å². The Labute approximate surface area is 140 Å². The fourth-order valence-corrected chi connectivity index (χ4v) is 1.91. The van der Waals surface area contributed by atoms with Crippen LogP contribution in [0.5, 0.6) is 0 Å². The lowest BCUT2D eigenvalue weighted by Gasteiger charge is -2.12. The standard InChI is InChI=1S/C12H17F2N3O2S.HI/c1-15-12(16-5-6-20(2,18)19)17-8-9-7-10(13)3-4-11(9)14;/h3-4,7H,5-6,8H2,1-2H3,(H2,15,16,17);1H. The lowest BCUT2D eigenvalue weighted by molar-refractivity contribution is 0.581. The molecule has 0 aliphatic rings. The Kier molecular flexibility index (Phi) is 8.71. The van der Waals surface area contributed by atoms with Crippen molar-refractivity contribution in [2.24, 2.45) is 4.99 Å². The van der Waals surface area contributed by atoms with Crippen LogP contribution in [0.25, 0.3) is 0 Å². The van der Waals surface area contributed by atoms with Crippen LogP contribution < -0.4 is 10.6 Å². The third kappa shape index (κ3) is 8.15. The Bertz CT molecular complexity index is 594. The highest BCUT2D eigenvalue weighted by atomic mass is 127. The second-order valence-corrected chi connectivity index (χ2v) is 6.48. The molecule has 5 nitrogen and oxygen atoms in total. The number of rotatable bonds is 5. The second-order valence-electron chi connectivity index (χ2n) is 4.22. The van der Waals surface area contributed by atoms with E-state index in [1.54, 1.807) is 0 Å². The zero-order valence-electron chi connectivity index (χ0n) is 11.7. The third-order valence-electron chi connectivity index (χ3n) is 2.44. The van der Waals surface area contributed by atoms with Crippen molar-refractivity contribution in [1.82, 2.24) is 10.6 Å². The molecule has 0 saturated carbocycles. The Balaban J connectivity index is 0.00000400. The molecule has 0 aromatic heterocycles. The molecule has 120 valence electrons. The molecule has 0 aliphatic carbocycles. The summed E-state index contributed by atoms with van der Waals surface area (Å²) in [5, 5.41) is 5.55. The fraction of sp³-hybridized carbons (Fsp3) is 0.417. The van der Waals surface area contributed by atoms with Gasteiger partial charge < -0.3 is 10.6 Å². The molecule has 0 aliphatic heterocycles. The number of hydrogen-bond donors (Lipinski definition) is 2. The minimum absolute atomic E-state index is 0. The summed E-state index contributed by atoms with van der Waals surface area (Å²) in [6.07, 6.45) is 1.13. The van der Waals surface area contributed by atoms with Crippen molar-refractivity contribution >= 4 is 39.8 Å². The molecule has 1 aromatic rings. The van der Waals surface area contributed by atoms with Crippen LogP contribution in [0.2, 0.25) is 0 Å². The highest BCUT2D eigenvalue weighted by molar-refractivity contribution is 14.0. The lowest BCUT2D eigenvalue weighted by atomic mass is 10.2. The number of aliphatic imine (C=N–C) groups is 1. The maximum absolute atomic E-state index is 13.4. The first-order valence-electron chi connectivity index (χ1n) is 5.88. The zero-order chi connectivity index (χ0) is 15.2. The van der Waals surface area contributed by atoms with Crippen LogP contribution in [0, 0.1) is 11.6 Å². The van der Waals surface area contributed by atoms with Crippen molar-refractivity contribution in [1.29, 1.82) is 0 Å². The maximum Gasteiger partial charge on any atom is 0.191 e. The average Bonchev–Trinajstić information content (AvgIpc) is 2.36. The van der Waals surface area contributed by atoms with Gasteiger partial charge in [0.2, 0.25) is 0 Å². The Morgan fingerprint density at radius 2 is 1.95 bits per heavy atom. The first-order valence-corrected chi connectivity index (χ1v) is 7.94. The fourth-order valence-electron chi connectivity index (χ4n) is 1.43. The number of guanidine groups is 1. The first kappa shape index (κ1) is 20.0. The molecule has 2 N–H and O–H groups in total. The summed E-state index contributed by atoms with van der Waals surface area (Å²) in [6.45, 7) is 0.228. The van der Waals surface area contributed by atoms with Crippen LogP contribution in [-0.2, 0) is 16.4 Å². The van der Waals surface area contributed by atoms with Crippen LogP contribution in [0.3, 0.4) is 0 Å². The van der Waals surface area contributed by atoms with E-state index < -0.39 is 21.5 Å². The number of hydrogen-bond acceptors (Lipinski definition) is 3. The molecule has 0 spiro atoms. The maximum atomic E-state index is 13.4. The van der Waals surface area contributed by atoms with Gasteiger partial charge in [-0.3, -0.25) is 4.99 Å². The number of sulfone groups is 1. The van der Waals surface area contributed by atoms with Crippen molar-refractivity contribution in [2.75, 3.05) is 25.6 Å². The van der Waals surface area contributed by atoms with E-state index in [9.17, 15) is 17.2 Å². The zero-order valence-corrected chi connectivity index (χ0v) is 14.8. The third-order valence-corrected chi connectivity index (χ3v) is 3.39. The van der Waals surface area contributed by atoms with Gasteiger partial charge in [0.15, 0.2) is 5.96 Å². The van der Waals surface area contributed by atoms with Gasteiger partial charge in [-0.05, 0) is 18.2 Å². The van der Waals surface area contributed by atoms with Crippen LogP contribution in [0.15, 0.2) is 23.2 Å². The van der Waals surface area contributed by atoms with Crippen LogP contribution in [-0.4, -0.2) is 40.0 Å². The number of halogens is 3. The van der Waals surface area contributed by atoms with Gasteiger partial charge in [-0.25, -0.2) is 17.2 Å². The smallest absolute Gasteiger partial charge is 0.191 e. The summed E-state index contributed by atoms with van der Waals surface area (Å²) < 4.78 is 48.3. The molecule has 0 radical (unpaired) electrons. The molecule has 0 amide bonds. The average molecular weight is 433 g/mol. The molecule has 21 heavy (non-hydrogen) atoms. The van der Waals surface area contributed by atoms with Crippen molar-refractivity contribution in [3.63, 3.8) is 0 Å². The van der Waals surface area contributed by atoms with E-state index in [1.165, 1.54) is 7.05 Å². The van der Waals surface area contributed by atoms with Crippen LogP contribution in [0.1, 0.15) is 5.56 Å². The molecule has 0 bridgehead atoms. The molecular formula is C12H18F2IN3O2S. The van der Waals surface area contributed by atoms with E-state index in [0.717, 1.165) is 24.5 Å². The highest BCUT2D eigenvalue weighted by Gasteiger charge is 2.06. The van der Waals surface area contributed by atoms with Crippen molar-refractivity contribution in [3.8, 4) is 0 Å². The van der Waals surface area contributed by atoms with Gasteiger partial charge in [-0.1, -0.05) is 0 Å². The minimum atomic E-state index is -3.06. The molecule has 1 aromatic carbocycles. The molecule has 0 fully saturated rings. The molecule has 9 heteroatoms. The van der Waals surface area contributed by atoms with Gasteiger partial charge >= 0.3 is 0 Å². The van der Waals surface area contributed by atoms with Crippen molar-refractivity contribution < 1.29 is 17.2 Å². The molecule has 0 unspecified atom stereocenters. The Morgan fingerprint density at radius 3 is 2.52 bits per heavy atom. The van der Waals surface area contributed by atoms with Crippen LogP contribution in [0.4, 0.5) is 8.78 Å². The van der Waals surface area contributed by atoms with Gasteiger partial charge in [-0.15, -0.1) is 24.0 Å². The second kappa shape index (κ2) is 9.13. The molecule has 0 heterocycles. The Hall–Kier alpha value is -0.970. The highest BCUT2D eigenvalue weighted by Crippen LogP contribution is 2.08. The Morgan fingerprint density at radius 1 is 1.29 bits per heavy atom. The number of nitrogens with zero attached hydrogens (tertiary/aromatic N) is 1. The largest absolute Gasteiger partial charge is 0.355 e. The molecule has 1 rings (SSSR count). The molecule has 0 saturated heterocycles. The van der Waals surface area contributed by atoms with E-state index in [2.05, 4.69) is 15.6 Å². The van der Waals surface area contributed by atoms with Gasteiger partial charge in [0.1, 0.15) is 21.5 Å². The predicted molar refractivity (Wildman–Crippen MR) is 89.7 cm³/mol. The summed E-state index contributed by atoms with van der Waals surface area (Å²) in [4.78, 5) is 3.86. The van der Waals surface area contributed by atoms with E-state index in [4.69, 9.17) is 0 Å². The van der Waals surface area contributed by atoms with E-state index in [1.807, 2.05) is 0 Å². The summed E-state index contributed by atoms with van der Waals surface area (Å²) >= 11 is 0. The van der Waals surface area contributed by atoms with Crippen LogP contribution >= 0.6 is 24.0 Å². The monoisotopic (exact) mass is 433 g/mol. The summed E-state index contributed by atoms with van der Waals surface area (Å²) in [6, 6.07) is 3.18. The van der Waals surface area contributed by atoms with Crippen molar-refractivity contribution in [2.45, 2.75) is 6.54 Å². The predicted octanol–water partition coefficient (Wildman–Crippen LogP) is 1.29.